The van der Waals surface area contributed by atoms with Crippen molar-refractivity contribution in [2.75, 3.05) is 20.2 Å². The molecule has 106 valence electrons. The van der Waals surface area contributed by atoms with Crippen molar-refractivity contribution in [3.8, 4) is 0 Å². The van der Waals surface area contributed by atoms with E-state index in [0.29, 0.717) is 0 Å². The molecule has 0 fully saturated rings. The summed E-state index contributed by atoms with van der Waals surface area (Å²) in [4.78, 5) is 21.9. The molecule has 0 radical (unpaired) electrons. The zero-order valence-electron chi connectivity index (χ0n) is 10.3. The zero-order chi connectivity index (χ0) is 14.6. The van der Waals surface area contributed by atoms with E-state index in [1.807, 2.05) is 0 Å². The highest BCUT2D eigenvalue weighted by atomic mass is 32.2. The third kappa shape index (κ3) is 3.75. The van der Waals surface area contributed by atoms with Crippen LogP contribution in [0.1, 0.15) is 17.3 Å². The van der Waals surface area contributed by atoms with E-state index < -0.39 is 28.5 Å². The second-order valence-electron chi connectivity index (χ2n) is 3.53. The minimum Gasteiger partial charge on any atom is -0.478 e. The Morgan fingerprint density at radius 3 is 2.58 bits per heavy atom. The molecule has 0 unspecified atom stereocenters. The summed E-state index contributed by atoms with van der Waals surface area (Å²) >= 11 is 0.791. The largest absolute Gasteiger partial charge is 0.478 e. The third-order valence-electron chi connectivity index (χ3n) is 2.14. The molecule has 1 N–H and O–H groups in total. The number of likely N-dealkylation sites (N-methyl/N-ethyl adjacent to an activating group) is 1. The van der Waals surface area contributed by atoms with Crippen molar-refractivity contribution >= 4 is 33.3 Å². The highest BCUT2D eigenvalue weighted by Crippen LogP contribution is 2.23. The van der Waals surface area contributed by atoms with Gasteiger partial charge in [-0.05, 0) is 13.0 Å². The van der Waals surface area contributed by atoms with Crippen LogP contribution in [-0.2, 0) is 19.6 Å². The van der Waals surface area contributed by atoms with E-state index in [1.165, 1.54) is 12.4 Å². The number of aromatic carboxylic acids is 1. The molecular weight excluding hydrogens is 294 g/mol. The van der Waals surface area contributed by atoms with Gasteiger partial charge in [-0.25, -0.2) is 13.2 Å². The van der Waals surface area contributed by atoms with E-state index >= 15 is 0 Å². The molecule has 0 aliphatic heterocycles. The van der Waals surface area contributed by atoms with Gasteiger partial charge in [-0.1, -0.05) is 0 Å². The normalized spacial score (nSPS) is 11.5. The Morgan fingerprint density at radius 2 is 2.11 bits per heavy atom. The molecule has 0 amide bonds. The van der Waals surface area contributed by atoms with E-state index in [2.05, 4.69) is 4.74 Å². The Bertz CT molecular complexity index is 577. The average molecular weight is 307 g/mol. The predicted molar refractivity (Wildman–Crippen MR) is 67.7 cm³/mol. The first-order chi connectivity index (χ1) is 8.78. The molecule has 0 aliphatic rings. The first-order valence-electron chi connectivity index (χ1n) is 5.22. The molecule has 7 nitrogen and oxygen atoms in total. The van der Waals surface area contributed by atoms with Gasteiger partial charge in [-0.3, -0.25) is 4.79 Å². The number of thiophene rings is 1. The third-order valence-corrected chi connectivity index (χ3v) is 5.36. The number of carboxylic acid groups (broad SMARTS) is 1. The molecular formula is C10H13NO6S2. The molecule has 0 aromatic carbocycles. The number of hydrogen-bond donors (Lipinski definition) is 1. The van der Waals surface area contributed by atoms with Crippen molar-refractivity contribution in [1.82, 2.24) is 4.31 Å². The van der Waals surface area contributed by atoms with Crippen LogP contribution in [0.3, 0.4) is 0 Å². The number of carboxylic acids is 1. The van der Waals surface area contributed by atoms with Gasteiger partial charge >= 0.3 is 11.9 Å². The monoisotopic (exact) mass is 307 g/mol. The summed E-state index contributed by atoms with van der Waals surface area (Å²) in [5, 5.41) is 9.97. The molecule has 0 aliphatic carbocycles. The van der Waals surface area contributed by atoms with Crippen molar-refractivity contribution in [1.29, 1.82) is 0 Å². The fraction of sp³-hybridized carbons (Fsp3) is 0.400. The van der Waals surface area contributed by atoms with Gasteiger partial charge in [0.05, 0.1) is 12.2 Å². The zero-order valence-corrected chi connectivity index (χ0v) is 12.0. The Labute approximate surface area is 114 Å². The number of carbonyl (C=O) groups excluding carboxylic acids is 1. The lowest BCUT2D eigenvalue weighted by atomic mass is 10.4. The lowest BCUT2D eigenvalue weighted by molar-refractivity contribution is -0.143. The fourth-order valence-corrected chi connectivity index (χ4v) is 3.67. The van der Waals surface area contributed by atoms with Gasteiger partial charge in [0.1, 0.15) is 10.8 Å². The maximum atomic E-state index is 12.0. The number of nitrogens with zero attached hydrogens (tertiary/aromatic N) is 1. The van der Waals surface area contributed by atoms with Crippen molar-refractivity contribution in [3.05, 3.63) is 17.0 Å². The molecule has 1 heterocycles. The number of sulfonamides is 1. The van der Waals surface area contributed by atoms with Gasteiger partial charge in [-0.15, -0.1) is 11.3 Å². The minimum absolute atomic E-state index is 0.104. The number of hydrogen-bond acceptors (Lipinski definition) is 6. The van der Waals surface area contributed by atoms with Gasteiger partial charge in [0, 0.05) is 12.4 Å². The molecule has 0 atom stereocenters. The number of carbonyl (C=O) groups is 2. The lowest BCUT2D eigenvalue weighted by Crippen LogP contribution is -2.32. The lowest BCUT2D eigenvalue weighted by Gasteiger charge is -2.14. The van der Waals surface area contributed by atoms with Gasteiger partial charge < -0.3 is 9.84 Å². The highest BCUT2D eigenvalue weighted by molar-refractivity contribution is 7.91. The number of rotatable bonds is 6. The quantitative estimate of drug-likeness (QED) is 0.774. The summed E-state index contributed by atoms with van der Waals surface area (Å²) in [6.07, 6.45) is 0. The van der Waals surface area contributed by atoms with Gasteiger partial charge in [0.15, 0.2) is 0 Å². The van der Waals surface area contributed by atoms with Crippen LogP contribution in [0.25, 0.3) is 0 Å². The molecule has 1 rings (SSSR count). The second-order valence-corrected chi connectivity index (χ2v) is 6.71. The number of esters is 1. The van der Waals surface area contributed by atoms with Crippen LogP contribution in [0.15, 0.2) is 15.7 Å². The number of ether oxygens (including phenoxy) is 1. The predicted octanol–water partition coefficient (Wildman–Crippen LogP) is 0.630. The molecule has 19 heavy (non-hydrogen) atoms. The summed E-state index contributed by atoms with van der Waals surface area (Å²) < 4.78 is 29.4. The first-order valence-corrected chi connectivity index (χ1v) is 7.54. The Balaban J connectivity index is 2.90. The first kappa shape index (κ1) is 15.6. The van der Waals surface area contributed by atoms with Crippen molar-refractivity contribution in [2.45, 2.75) is 11.1 Å². The molecule has 0 saturated carbocycles. The van der Waals surface area contributed by atoms with E-state index in [-0.39, 0.29) is 16.4 Å². The van der Waals surface area contributed by atoms with Crippen LogP contribution < -0.4 is 0 Å². The molecule has 0 saturated heterocycles. The van der Waals surface area contributed by atoms with Crippen molar-refractivity contribution < 1.29 is 27.9 Å². The van der Waals surface area contributed by atoms with E-state index in [4.69, 9.17) is 5.11 Å². The average Bonchev–Trinajstić information content (AvgIpc) is 2.78. The van der Waals surface area contributed by atoms with Gasteiger partial charge in [0.2, 0.25) is 0 Å². The van der Waals surface area contributed by atoms with Crippen LogP contribution in [0.5, 0.6) is 0 Å². The summed E-state index contributed by atoms with van der Waals surface area (Å²) in [7, 11) is -2.65. The van der Waals surface area contributed by atoms with Crippen LogP contribution in [-0.4, -0.2) is 50.0 Å². The van der Waals surface area contributed by atoms with E-state index in [1.54, 1.807) is 6.92 Å². The van der Waals surface area contributed by atoms with Crippen LogP contribution in [0.4, 0.5) is 0 Å². The Kier molecular flexibility index (Phi) is 5.04. The summed E-state index contributed by atoms with van der Waals surface area (Å²) in [6.45, 7) is 1.36. The molecule has 1 aromatic heterocycles. The maximum Gasteiger partial charge on any atom is 0.336 e. The molecule has 0 spiro atoms. The van der Waals surface area contributed by atoms with Crippen molar-refractivity contribution in [2.24, 2.45) is 0 Å². The van der Waals surface area contributed by atoms with Crippen LogP contribution in [0.2, 0.25) is 0 Å². The van der Waals surface area contributed by atoms with E-state index in [9.17, 15) is 18.0 Å². The van der Waals surface area contributed by atoms with Crippen LogP contribution in [0, 0.1) is 0 Å². The summed E-state index contributed by atoms with van der Waals surface area (Å²) in [5.74, 6) is -1.87. The van der Waals surface area contributed by atoms with Gasteiger partial charge in [0.25, 0.3) is 10.0 Å². The Morgan fingerprint density at radius 1 is 1.47 bits per heavy atom. The minimum atomic E-state index is -3.88. The fourth-order valence-electron chi connectivity index (χ4n) is 1.19. The van der Waals surface area contributed by atoms with E-state index in [0.717, 1.165) is 21.7 Å². The summed E-state index contributed by atoms with van der Waals surface area (Å²) in [5.41, 5.74) is -0.104. The second kappa shape index (κ2) is 6.13. The highest BCUT2D eigenvalue weighted by Gasteiger charge is 2.26. The SMILES string of the molecule is CCOC(=O)CN(C)S(=O)(=O)c1cc(C(=O)O)cs1. The topological polar surface area (TPSA) is 101 Å². The molecule has 0 bridgehead atoms. The molecule has 1 aromatic rings. The summed E-state index contributed by atoms with van der Waals surface area (Å²) in [6, 6.07) is 1.06. The standard InChI is InChI=1S/C10H13NO6S2/c1-3-17-8(12)5-11(2)19(15,16)9-4-7(6-18-9)10(13)14/h4,6H,3,5H2,1-2H3,(H,13,14). The van der Waals surface area contributed by atoms with Crippen molar-refractivity contribution in [3.63, 3.8) is 0 Å². The maximum absolute atomic E-state index is 12.0. The smallest absolute Gasteiger partial charge is 0.336 e. The Hall–Kier alpha value is -1.45. The molecule has 9 heteroatoms. The van der Waals surface area contributed by atoms with Gasteiger partial charge in [-0.2, -0.15) is 4.31 Å². The van der Waals surface area contributed by atoms with Crippen LogP contribution >= 0.6 is 11.3 Å².